The molecule has 1 aliphatic heterocycles. The maximum absolute atomic E-state index is 11.5. The number of para-hydroxylation sites is 1. The molecule has 0 unspecified atom stereocenters. The van der Waals surface area contributed by atoms with Crippen LogP contribution in [0.15, 0.2) is 18.2 Å². The third-order valence-electron chi connectivity index (χ3n) is 2.40. The van der Waals surface area contributed by atoms with E-state index in [4.69, 9.17) is 5.73 Å². The lowest BCUT2D eigenvalue weighted by Crippen LogP contribution is -2.39. The maximum atomic E-state index is 11.5. The highest BCUT2D eigenvalue weighted by molar-refractivity contribution is 6.04. The number of hydrogen-bond donors (Lipinski definition) is 2. The van der Waals surface area contributed by atoms with Crippen LogP contribution in [0.5, 0.6) is 0 Å². The molecule has 0 spiro atoms. The lowest BCUT2D eigenvalue weighted by Gasteiger charge is -2.29. The van der Waals surface area contributed by atoms with Crippen LogP contribution in [0.4, 0.5) is 17.1 Å². The fourth-order valence-electron chi connectivity index (χ4n) is 1.72. The summed E-state index contributed by atoms with van der Waals surface area (Å²) < 4.78 is 0. The number of nitrogens with one attached hydrogen (secondary N) is 1. The van der Waals surface area contributed by atoms with Gasteiger partial charge in [0.15, 0.2) is 0 Å². The van der Waals surface area contributed by atoms with Crippen molar-refractivity contribution in [1.82, 2.24) is 0 Å². The van der Waals surface area contributed by atoms with Gasteiger partial charge in [0.2, 0.25) is 5.91 Å². The number of rotatable bonds is 1. The molecule has 0 fully saturated rings. The Balaban J connectivity index is 2.52. The van der Waals surface area contributed by atoms with Crippen molar-refractivity contribution >= 4 is 23.0 Å². The highest BCUT2D eigenvalue weighted by Crippen LogP contribution is 2.33. The van der Waals surface area contributed by atoms with Gasteiger partial charge in [-0.1, -0.05) is 6.07 Å². The smallest absolute Gasteiger partial charge is 0.246 e. The topological polar surface area (TPSA) is 58.4 Å². The van der Waals surface area contributed by atoms with Gasteiger partial charge in [0, 0.05) is 6.54 Å². The molecule has 0 aromatic heterocycles. The second-order valence-corrected chi connectivity index (χ2v) is 3.23. The number of nitrogen functional groups attached to an aromatic ring is 1. The zero-order valence-corrected chi connectivity index (χ0v) is 8.08. The molecule has 14 heavy (non-hydrogen) atoms. The molecular weight excluding hydrogens is 178 g/mol. The first kappa shape index (κ1) is 8.87. The van der Waals surface area contributed by atoms with E-state index in [1.165, 1.54) is 0 Å². The fourth-order valence-corrected chi connectivity index (χ4v) is 1.72. The second-order valence-electron chi connectivity index (χ2n) is 3.23. The number of carbonyl (C=O) groups is 1. The number of amides is 1. The molecule has 4 heteroatoms. The number of likely N-dealkylation sites (N-methyl/N-ethyl adjacent to an activating group) is 1. The minimum atomic E-state index is 0.0885. The van der Waals surface area contributed by atoms with Crippen molar-refractivity contribution in [2.75, 3.05) is 29.0 Å². The van der Waals surface area contributed by atoms with Crippen LogP contribution in [0.25, 0.3) is 0 Å². The van der Waals surface area contributed by atoms with Gasteiger partial charge in [-0.05, 0) is 19.1 Å². The Morgan fingerprint density at radius 2 is 2.36 bits per heavy atom. The largest absolute Gasteiger partial charge is 0.397 e. The summed E-state index contributed by atoms with van der Waals surface area (Å²) in [6.07, 6.45) is 0. The van der Waals surface area contributed by atoms with Crippen LogP contribution in [0, 0.1) is 0 Å². The highest BCUT2D eigenvalue weighted by Gasteiger charge is 2.23. The molecule has 0 radical (unpaired) electrons. The van der Waals surface area contributed by atoms with E-state index in [9.17, 15) is 4.79 Å². The third kappa shape index (κ3) is 1.19. The molecule has 74 valence electrons. The lowest BCUT2D eigenvalue weighted by atomic mass is 10.1. The minimum absolute atomic E-state index is 0.0885. The molecule has 1 aromatic carbocycles. The molecule has 3 N–H and O–H groups in total. The van der Waals surface area contributed by atoms with E-state index in [-0.39, 0.29) is 5.91 Å². The lowest BCUT2D eigenvalue weighted by molar-refractivity contribution is -0.117. The standard InChI is InChI=1S/C10H13N3O/c1-2-13-8-5-3-4-7(11)10(8)12-6-9(13)14/h3-5,12H,2,6,11H2,1H3. The summed E-state index contributed by atoms with van der Waals surface area (Å²) in [5.74, 6) is 0.0885. The number of nitrogens with two attached hydrogens (primary N) is 1. The zero-order chi connectivity index (χ0) is 10.1. The van der Waals surface area contributed by atoms with Crippen molar-refractivity contribution in [3.63, 3.8) is 0 Å². The van der Waals surface area contributed by atoms with Crippen LogP contribution in [0.2, 0.25) is 0 Å². The number of nitrogens with zero attached hydrogens (tertiary/aromatic N) is 1. The van der Waals surface area contributed by atoms with Gasteiger partial charge in [-0.3, -0.25) is 4.79 Å². The van der Waals surface area contributed by atoms with Crippen molar-refractivity contribution in [3.8, 4) is 0 Å². The number of benzene rings is 1. The molecule has 4 nitrogen and oxygen atoms in total. The van der Waals surface area contributed by atoms with Crippen LogP contribution in [0.1, 0.15) is 6.92 Å². The average Bonchev–Trinajstić information content (AvgIpc) is 2.18. The summed E-state index contributed by atoms with van der Waals surface area (Å²) in [6, 6.07) is 5.59. The zero-order valence-electron chi connectivity index (χ0n) is 8.08. The Kier molecular flexibility index (Phi) is 2.04. The Bertz CT molecular complexity index is 376. The first-order valence-electron chi connectivity index (χ1n) is 4.66. The Labute approximate surface area is 82.7 Å². The van der Waals surface area contributed by atoms with Gasteiger partial charge in [0.1, 0.15) is 0 Å². The van der Waals surface area contributed by atoms with Gasteiger partial charge in [0.05, 0.1) is 23.6 Å². The van der Waals surface area contributed by atoms with E-state index in [1.807, 2.05) is 25.1 Å². The summed E-state index contributed by atoms with van der Waals surface area (Å²) in [5.41, 5.74) is 8.24. The van der Waals surface area contributed by atoms with E-state index in [1.54, 1.807) is 4.90 Å². The van der Waals surface area contributed by atoms with E-state index in [2.05, 4.69) is 5.32 Å². The van der Waals surface area contributed by atoms with Crippen LogP contribution < -0.4 is 16.0 Å². The molecule has 1 aliphatic rings. The first-order chi connectivity index (χ1) is 6.74. The van der Waals surface area contributed by atoms with Crippen LogP contribution in [0.3, 0.4) is 0 Å². The van der Waals surface area contributed by atoms with Crippen molar-refractivity contribution < 1.29 is 4.79 Å². The van der Waals surface area contributed by atoms with Gasteiger partial charge in [0.25, 0.3) is 0 Å². The molecule has 1 amide bonds. The van der Waals surface area contributed by atoms with Crippen molar-refractivity contribution in [2.45, 2.75) is 6.92 Å². The molecule has 1 heterocycles. The summed E-state index contributed by atoms with van der Waals surface area (Å²) in [5, 5.41) is 3.03. The molecule has 0 atom stereocenters. The quantitative estimate of drug-likeness (QED) is 0.652. The third-order valence-corrected chi connectivity index (χ3v) is 2.40. The molecule has 1 aromatic rings. The van der Waals surface area contributed by atoms with E-state index in [0.29, 0.717) is 18.8 Å². The molecule has 0 bridgehead atoms. The molecule has 0 aliphatic carbocycles. The number of hydrogen-bond acceptors (Lipinski definition) is 3. The van der Waals surface area contributed by atoms with Crippen molar-refractivity contribution in [1.29, 1.82) is 0 Å². The molecule has 2 rings (SSSR count). The predicted molar refractivity (Wildman–Crippen MR) is 57.4 cm³/mol. The van der Waals surface area contributed by atoms with Gasteiger partial charge in [-0.25, -0.2) is 0 Å². The number of fused-ring (bicyclic) bond motifs is 1. The van der Waals surface area contributed by atoms with Crippen molar-refractivity contribution in [2.24, 2.45) is 0 Å². The van der Waals surface area contributed by atoms with Gasteiger partial charge in [-0.15, -0.1) is 0 Å². The Morgan fingerprint density at radius 1 is 1.57 bits per heavy atom. The fraction of sp³-hybridized carbons (Fsp3) is 0.300. The summed E-state index contributed by atoms with van der Waals surface area (Å²) in [4.78, 5) is 13.3. The van der Waals surface area contributed by atoms with Crippen molar-refractivity contribution in [3.05, 3.63) is 18.2 Å². The SMILES string of the molecule is CCN1C(=O)CNc2c(N)cccc21. The molecule has 0 saturated heterocycles. The van der Waals surface area contributed by atoms with Gasteiger partial charge >= 0.3 is 0 Å². The monoisotopic (exact) mass is 191 g/mol. The van der Waals surface area contributed by atoms with E-state index >= 15 is 0 Å². The Hall–Kier alpha value is -1.71. The first-order valence-corrected chi connectivity index (χ1v) is 4.66. The van der Waals surface area contributed by atoms with Crippen LogP contribution in [-0.2, 0) is 4.79 Å². The summed E-state index contributed by atoms with van der Waals surface area (Å²) in [6.45, 7) is 2.96. The van der Waals surface area contributed by atoms with E-state index < -0.39 is 0 Å². The predicted octanol–water partition coefficient (Wildman–Crippen LogP) is 1.05. The molecule has 0 saturated carbocycles. The van der Waals surface area contributed by atoms with E-state index in [0.717, 1.165) is 11.4 Å². The normalized spacial score (nSPS) is 14.9. The number of carbonyl (C=O) groups excluding carboxylic acids is 1. The van der Waals surface area contributed by atoms with Gasteiger partial charge < -0.3 is 16.0 Å². The van der Waals surface area contributed by atoms with Gasteiger partial charge in [-0.2, -0.15) is 0 Å². The summed E-state index contributed by atoms with van der Waals surface area (Å²) in [7, 11) is 0. The average molecular weight is 191 g/mol. The second kappa shape index (κ2) is 3.21. The minimum Gasteiger partial charge on any atom is -0.397 e. The maximum Gasteiger partial charge on any atom is 0.246 e. The summed E-state index contributed by atoms with van der Waals surface area (Å²) >= 11 is 0. The Morgan fingerprint density at radius 3 is 3.07 bits per heavy atom. The van der Waals surface area contributed by atoms with Crippen LogP contribution in [-0.4, -0.2) is 19.0 Å². The highest BCUT2D eigenvalue weighted by atomic mass is 16.2. The molecular formula is C10H13N3O. The van der Waals surface area contributed by atoms with Crippen LogP contribution >= 0.6 is 0 Å². The number of anilines is 3.